The van der Waals surface area contributed by atoms with Crippen molar-refractivity contribution in [2.24, 2.45) is 17.8 Å². The number of carbonyl (C=O) groups excluding carboxylic acids is 3. The van der Waals surface area contributed by atoms with Crippen LogP contribution in [0.4, 0.5) is 4.79 Å². The van der Waals surface area contributed by atoms with Crippen molar-refractivity contribution in [2.45, 2.75) is 84.9 Å². The number of nitrogens with one attached hydrogen (secondary N) is 2. The number of aliphatic hydroxyl groups is 1. The van der Waals surface area contributed by atoms with Gasteiger partial charge in [-0.15, -0.1) is 0 Å². The lowest BCUT2D eigenvalue weighted by Crippen LogP contribution is -2.55. The fraction of sp³-hybridized carbons (Fsp3) is 0.545. The summed E-state index contributed by atoms with van der Waals surface area (Å²) >= 11 is 0. The van der Waals surface area contributed by atoms with Crippen molar-refractivity contribution in [1.82, 2.24) is 15.5 Å². The van der Waals surface area contributed by atoms with Crippen molar-refractivity contribution < 1.29 is 29.0 Å². The van der Waals surface area contributed by atoms with Crippen molar-refractivity contribution >= 4 is 17.9 Å². The minimum absolute atomic E-state index is 0.00214. The van der Waals surface area contributed by atoms with Crippen molar-refractivity contribution in [2.75, 3.05) is 13.2 Å². The molecule has 9 nitrogen and oxygen atoms in total. The van der Waals surface area contributed by atoms with E-state index >= 15 is 0 Å². The van der Waals surface area contributed by atoms with Crippen LogP contribution in [-0.2, 0) is 32.1 Å². The topological polar surface area (TPSA) is 117 Å². The minimum atomic E-state index is -0.881. The summed E-state index contributed by atoms with van der Waals surface area (Å²) in [5.41, 5.74) is 1.34. The van der Waals surface area contributed by atoms with Gasteiger partial charge in [0.1, 0.15) is 17.8 Å². The normalized spacial score (nSPS) is 21.5. The molecule has 0 saturated carbocycles. The molecule has 6 atom stereocenters. The smallest absolute Gasteiger partial charge is 0.408 e. The number of alkyl carbamates (subject to hydrolysis) is 1. The molecule has 1 fully saturated rings. The number of benzene rings is 2. The lowest BCUT2D eigenvalue weighted by Gasteiger charge is -2.32. The molecule has 4 unspecified atom stereocenters. The molecule has 9 heteroatoms. The Balaban J connectivity index is 1.71. The van der Waals surface area contributed by atoms with E-state index < -0.39 is 41.8 Å². The van der Waals surface area contributed by atoms with Gasteiger partial charge in [-0.2, -0.15) is 0 Å². The molecule has 3 rings (SSSR count). The molecule has 42 heavy (non-hydrogen) atoms. The van der Waals surface area contributed by atoms with Crippen LogP contribution in [0.1, 0.15) is 59.1 Å². The molecule has 230 valence electrons. The van der Waals surface area contributed by atoms with Crippen LogP contribution >= 0.6 is 0 Å². The van der Waals surface area contributed by atoms with Gasteiger partial charge in [-0.3, -0.25) is 9.59 Å². The third kappa shape index (κ3) is 9.84. The van der Waals surface area contributed by atoms with Crippen molar-refractivity contribution in [1.29, 1.82) is 0 Å². The molecular weight excluding hydrogens is 534 g/mol. The fourth-order valence-corrected chi connectivity index (χ4v) is 5.33. The van der Waals surface area contributed by atoms with Crippen LogP contribution in [0.2, 0.25) is 0 Å². The van der Waals surface area contributed by atoms with Gasteiger partial charge in [-0.1, -0.05) is 67.6 Å². The number of likely N-dealkylation sites (tertiary alicyclic amines) is 1. The number of aliphatic hydroxyl groups excluding tert-OH is 1. The van der Waals surface area contributed by atoms with Gasteiger partial charge in [0, 0.05) is 13.2 Å². The Labute approximate surface area is 250 Å². The van der Waals surface area contributed by atoms with Gasteiger partial charge >= 0.3 is 6.09 Å². The zero-order valence-corrected chi connectivity index (χ0v) is 25.7. The summed E-state index contributed by atoms with van der Waals surface area (Å²) in [5, 5.41) is 17.0. The Morgan fingerprint density at radius 2 is 1.57 bits per heavy atom. The van der Waals surface area contributed by atoms with Crippen LogP contribution in [0.5, 0.6) is 0 Å². The summed E-state index contributed by atoms with van der Waals surface area (Å²) in [6.07, 6.45) is -1.29. The lowest BCUT2D eigenvalue weighted by atomic mass is 9.79. The molecule has 0 bridgehead atoms. The van der Waals surface area contributed by atoms with Gasteiger partial charge in [0.2, 0.25) is 11.8 Å². The first-order chi connectivity index (χ1) is 19.9. The molecule has 2 aromatic carbocycles. The number of rotatable bonds is 11. The molecule has 0 aliphatic carbocycles. The van der Waals surface area contributed by atoms with Crippen LogP contribution in [0.3, 0.4) is 0 Å². The first kappa shape index (κ1) is 33.1. The SMILES string of the molecule is CC(NC(=O)OC(C)(C)C)C(=O)N[C@@H](C)N1CCC([C@@H](C)COCc2ccccc2)C(O)C(Cc2ccccc2)C1=O. The summed E-state index contributed by atoms with van der Waals surface area (Å²) in [6.45, 7) is 11.9. The second-order valence-electron chi connectivity index (χ2n) is 12.3. The summed E-state index contributed by atoms with van der Waals surface area (Å²) in [7, 11) is 0. The van der Waals surface area contributed by atoms with Gasteiger partial charge in [0.25, 0.3) is 0 Å². The zero-order valence-electron chi connectivity index (χ0n) is 25.7. The number of carbonyl (C=O) groups is 3. The molecule has 1 heterocycles. The van der Waals surface area contributed by atoms with Gasteiger partial charge in [0.05, 0.1) is 18.6 Å². The number of hydrogen-bond donors (Lipinski definition) is 3. The molecule has 3 amide bonds. The van der Waals surface area contributed by atoms with E-state index in [1.807, 2.05) is 67.6 Å². The Morgan fingerprint density at radius 3 is 2.17 bits per heavy atom. The van der Waals surface area contributed by atoms with E-state index in [0.717, 1.165) is 11.1 Å². The quantitative estimate of drug-likeness (QED) is 0.365. The molecule has 1 aliphatic rings. The molecule has 3 N–H and O–H groups in total. The first-order valence-corrected chi connectivity index (χ1v) is 14.8. The third-order valence-electron chi connectivity index (χ3n) is 7.62. The first-order valence-electron chi connectivity index (χ1n) is 14.8. The highest BCUT2D eigenvalue weighted by atomic mass is 16.6. The predicted molar refractivity (Wildman–Crippen MR) is 161 cm³/mol. The highest BCUT2D eigenvalue weighted by Crippen LogP contribution is 2.32. The molecular formula is C33H47N3O6. The molecule has 2 aromatic rings. The second kappa shape index (κ2) is 15.2. The van der Waals surface area contributed by atoms with Crippen LogP contribution in [0, 0.1) is 17.8 Å². The van der Waals surface area contributed by atoms with E-state index in [2.05, 4.69) is 10.6 Å². The summed E-state index contributed by atoms with van der Waals surface area (Å²) in [4.78, 5) is 40.7. The fourth-order valence-electron chi connectivity index (χ4n) is 5.33. The average molecular weight is 582 g/mol. The molecule has 0 aromatic heterocycles. The van der Waals surface area contributed by atoms with Gasteiger partial charge in [-0.25, -0.2) is 4.79 Å². The van der Waals surface area contributed by atoms with Crippen LogP contribution in [0.25, 0.3) is 0 Å². The summed E-state index contributed by atoms with van der Waals surface area (Å²) in [6, 6.07) is 18.7. The third-order valence-corrected chi connectivity index (χ3v) is 7.62. The van der Waals surface area contributed by atoms with E-state index in [1.165, 1.54) is 0 Å². The molecule has 0 radical (unpaired) electrons. The molecule has 0 spiro atoms. The minimum Gasteiger partial charge on any atom is -0.444 e. The van der Waals surface area contributed by atoms with E-state index in [4.69, 9.17) is 9.47 Å². The highest BCUT2D eigenvalue weighted by Gasteiger charge is 2.42. The molecule has 1 aliphatic heterocycles. The van der Waals surface area contributed by atoms with Crippen molar-refractivity contribution in [3.05, 3.63) is 71.8 Å². The van der Waals surface area contributed by atoms with Crippen molar-refractivity contribution in [3.8, 4) is 0 Å². The zero-order chi connectivity index (χ0) is 30.9. The Bertz CT molecular complexity index is 1150. The summed E-state index contributed by atoms with van der Waals surface area (Å²) in [5.74, 6) is -1.53. The number of ether oxygens (including phenoxy) is 2. The van der Waals surface area contributed by atoms with Crippen LogP contribution in [-0.4, -0.2) is 65.0 Å². The Hall–Kier alpha value is -3.43. The van der Waals surface area contributed by atoms with E-state index in [-0.39, 0.29) is 17.7 Å². The van der Waals surface area contributed by atoms with Crippen LogP contribution < -0.4 is 10.6 Å². The van der Waals surface area contributed by atoms with Gasteiger partial charge in [-0.05, 0) is 70.4 Å². The van der Waals surface area contributed by atoms with Crippen molar-refractivity contribution in [3.63, 3.8) is 0 Å². The second-order valence-corrected chi connectivity index (χ2v) is 12.3. The number of amides is 3. The highest BCUT2D eigenvalue weighted by molar-refractivity contribution is 5.86. The Morgan fingerprint density at radius 1 is 0.976 bits per heavy atom. The summed E-state index contributed by atoms with van der Waals surface area (Å²) < 4.78 is 11.3. The van der Waals surface area contributed by atoms with Gasteiger partial charge in [0.15, 0.2) is 0 Å². The Kier molecular flexibility index (Phi) is 11.9. The maximum Gasteiger partial charge on any atom is 0.408 e. The molecule has 1 saturated heterocycles. The van der Waals surface area contributed by atoms with E-state index in [1.54, 1.807) is 39.5 Å². The maximum absolute atomic E-state index is 13.9. The average Bonchev–Trinajstić information content (AvgIpc) is 3.04. The number of nitrogens with zero attached hydrogens (tertiary/aromatic N) is 1. The van der Waals surface area contributed by atoms with Crippen LogP contribution in [0.15, 0.2) is 60.7 Å². The lowest BCUT2D eigenvalue weighted by molar-refractivity contribution is -0.142. The van der Waals surface area contributed by atoms with E-state index in [9.17, 15) is 19.5 Å². The standard InChI is InChI=1S/C33H47N3O6/c1-22(20-41-21-26-15-11-8-12-16-26)27-17-18-36(31(39)28(29(27)37)19-25-13-9-7-10-14-25)24(3)35-30(38)23(2)34-32(40)42-33(4,5)6/h7-16,22-24,27-29,37H,17-21H2,1-6H3,(H,34,40)(H,35,38)/t22-,23?,24+,27?,28?,29?/m0/s1. The monoisotopic (exact) mass is 581 g/mol. The number of hydrogen-bond acceptors (Lipinski definition) is 6. The van der Waals surface area contributed by atoms with Gasteiger partial charge < -0.3 is 30.1 Å². The largest absolute Gasteiger partial charge is 0.444 e. The van der Waals surface area contributed by atoms with E-state index in [0.29, 0.717) is 32.6 Å². The maximum atomic E-state index is 13.9. The predicted octanol–water partition coefficient (Wildman–Crippen LogP) is 4.28.